The molecular weight excluding hydrogens is 228 g/mol. The summed E-state index contributed by atoms with van der Waals surface area (Å²) < 4.78 is 0. The molecule has 1 nitrogen and oxygen atoms in total. The maximum absolute atomic E-state index is 9.61. The van der Waals surface area contributed by atoms with Crippen LogP contribution in [0.5, 0.6) is 0 Å². The van der Waals surface area contributed by atoms with E-state index >= 15 is 0 Å². The van der Waals surface area contributed by atoms with Gasteiger partial charge in [0.15, 0.2) is 0 Å². The number of unbranched alkanes of at least 4 members (excludes halogenated alkanes) is 7. The van der Waals surface area contributed by atoms with Crippen LogP contribution in [-0.2, 0) is 0 Å². The molecule has 0 rings (SSSR count). The zero-order valence-corrected chi connectivity index (χ0v) is 12.5. The van der Waals surface area contributed by atoms with Crippen LogP contribution in [0, 0.1) is 0 Å². The Balaban J connectivity index is 3.42. The highest BCUT2D eigenvalue weighted by molar-refractivity contribution is 7.98. The second-order valence-electron chi connectivity index (χ2n) is 4.55. The molecule has 0 aromatic carbocycles. The fourth-order valence-corrected chi connectivity index (χ4v) is 2.48. The molecule has 0 aliphatic rings. The van der Waals surface area contributed by atoms with Crippen molar-refractivity contribution in [3.8, 4) is 0 Å². The van der Waals surface area contributed by atoms with Gasteiger partial charge in [0.25, 0.3) is 0 Å². The number of aliphatic hydroxyl groups excluding tert-OH is 1. The lowest BCUT2D eigenvalue weighted by molar-refractivity contribution is 0.573. The van der Waals surface area contributed by atoms with Crippen LogP contribution in [0.3, 0.4) is 0 Å². The summed E-state index contributed by atoms with van der Waals surface area (Å²) in [5.74, 6) is 1.10. The molecular formula is C15H30OS. The summed E-state index contributed by atoms with van der Waals surface area (Å²) in [6.07, 6.45) is 15.5. The van der Waals surface area contributed by atoms with Gasteiger partial charge in [0.05, 0.1) is 5.05 Å². The summed E-state index contributed by atoms with van der Waals surface area (Å²) in [6, 6.07) is 0. The minimum Gasteiger partial charge on any atom is -0.356 e. The van der Waals surface area contributed by atoms with Crippen LogP contribution in [0.4, 0.5) is 0 Å². The van der Waals surface area contributed by atoms with Gasteiger partial charge < -0.3 is 5.11 Å². The Morgan fingerprint density at radius 2 is 1.59 bits per heavy atom. The Morgan fingerprint density at radius 1 is 0.941 bits per heavy atom. The van der Waals surface area contributed by atoms with Crippen LogP contribution in [0.2, 0.25) is 0 Å². The average Bonchev–Trinajstić information content (AvgIpc) is 2.33. The summed E-state index contributed by atoms with van der Waals surface area (Å²) in [5, 5.41) is 10.1. The quantitative estimate of drug-likeness (QED) is 0.224. The van der Waals surface area contributed by atoms with Gasteiger partial charge in [-0.05, 0) is 31.1 Å². The van der Waals surface area contributed by atoms with E-state index in [0.717, 1.165) is 23.5 Å². The minimum absolute atomic E-state index is 0.537. The third-order valence-electron chi connectivity index (χ3n) is 2.78. The molecule has 0 saturated carbocycles. The van der Waals surface area contributed by atoms with Gasteiger partial charge in [0.1, 0.15) is 0 Å². The molecule has 17 heavy (non-hydrogen) atoms. The van der Waals surface area contributed by atoms with E-state index in [2.05, 4.69) is 19.9 Å². The minimum atomic E-state index is 0.537. The molecule has 1 N–H and O–H groups in total. The molecule has 102 valence electrons. The number of hydrogen-bond donors (Lipinski definition) is 2. The van der Waals surface area contributed by atoms with Crippen LogP contribution < -0.4 is 0 Å². The number of allylic oxidation sites excluding steroid dienone is 1. The molecule has 0 heterocycles. The van der Waals surface area contributed by atoms with E-state index in [0.29, 0.717) is 5.05 Å². The fourth-order valence-electron chi connectivity index (χ4n) is 1.66. The molecule has 0 radical (unpaired) electrons. The SMILES string of the molecule is CCCCCCC/C=C/C(O)=[SH]\CCCCC. The molecule has 0 spiro atoms. The summed E-state index contributed by atoms with van der Waals surface area (Å²) in [7, 11) is 0. The van der Waals surface area contributed by atoms with E-state index in [9.17, 15) is 5.11 Å². The molecule has 0 aliphatic heterocycles. The van der Waals surface area contributed by atoms with Gasteiger partial charge in [-0.3, -0.25) is 0 Å². The van der Waals surface area contributed by atoms with Gasteiger partial charge in [-0.1, -0.05) is 58.4 Å². The third-order valence-corrected chi connectivity index (χ3v) is 3.79. The predicted molar refractivity (Wildman–Crippen MR) is 83.5 cm³/mol. The van der Waals surface area contributed by atoms with Crippen molar-refractivity contribution >= 4 is 16.4 Å². The lowest BCUT2D eigenvalue weighted by Crippen LogP contribution is -1.88. The normalized spacial score (nSPS) is 13.0. The molecule has 0 fully saturated rings. The van der Waals surface area contributed by atoms with Crippen LogP contribution in [0.15, 0.2) is 12.2 Å². The molecule has 0 aliphatic carbocycles. The molecule has 0 amide bonds. The Kier molecular flexibility index (Phi) is 13.9. The van der Waals surface area contributed by atoms with Crippen molar-refractivity contribution in [1.82, 2.24) is 0 Å². The van der Waals surface area contributed by atoms with Gasteiger partial charge in [0, 0.05) is 0 Å². The monoisotopic (exact) mass is 258 g/mol. The number of hydrogen-bond acceptors (Lipinski definition) is 0. The van der Waals surface area contributed by atoms with E-state index < -0.39 is 0 Å². The van der Waals surface area contributed by atoms with Crippen LogP contribution >= 0.6 is 11.4 Å². The fraction of sp³-hybridized carbons (Fsp3) is 0.800. The molecule has 2 heteroatoms. The van der Waals surface area contributed by atoms with E-state index in [1.54, 1.807) is 0 Å². The van der Waals surface area contributed by atoms with Crippen molar-refractivity contribution in [2.24, 2.45) is 0 Å². The van der Waals surface area contributed by atoms with Crippen LogP contribution in [0.1, 0.15) is 71.6 Å². The molecule has 0 bridgehead atoms. The summed E-state index contributed by atoms with van der Waals surface area (Å²) >= 11 is 1.09. The Morgan fingerprint density at radius 3 is 2.29 bits per heavy atom. The van der Waals surface area contributed by atoms with E-state index in [4.69, 9.17) is 0 Å². The molecule has 0 saturated heterocycles. The predicted octanol–water partition coefficient (Wildman–Crippen LogP) is 5.25. The third kappa shape index (κ3) is 13.9. The Bertz CT molecular complexity index is 209. The van der Waals surface area contributed by atoms with Gasteiger partial charge >= 0.3 is 0 Å². The van der Waals surface area contributed by atoms with Crippen molar-refractivity contribution in [2.75, 3.05) is 5.75 Å². The topological polar surface area (TPSA) is 20.2 Å². The zero-order valence-electron chi connectivity index (χ0n) is 11.6. The Hall–Kier alpha value is -0.0800. The highest BCUT2D eigenvalue weighted by Crippen LogP contribution is 2.06. The van der Waals surface area contributed by atoms with Gasteiger partial charge in [-0.25, -0.2) is 0 Å². The number of aliphatic hydroxyl groups is 1. The van der Waals surface area contributed by atoms with Crippen molar-refractivity contribution in [1.29, 1.82) is 0 Å². The smallest absolute Gasteiger partial charge is 0.0924 e. The number of thiol groups is 1. The van der Waals surface area contributed by atoms with Crippen LogP contribution in [0.25, 0.3) is 0 Å². The van der Waals surface area contributed by atoms with Crippen molar-refractivity contribution in [3.63, 3.8) is 0 Å². The summed E-state index contributed by atoms with van der Waals surface area (Å²) in [6.45, 7) is 4.45. The van der Waals surface area contributed by atoms with Crippen LogP contribution in [-0.4, -0.2) is 15.9 Å². The van der Waals surface area contributed by atoms with Gasteiger partial charge in [0.2, 0.25) is 0 Å². The average molecular weight is 258 g/mol. The number of rotatable bonds is 11. The highest BCUT2D eigenvalue weighted by atomic mass is 32.1. The maximum Gasteiger partial charge on any atom is 0.0924 e. The molecule has 0 atom stereocenters. The summed E-state index contributed by atoms with van der Waals surface area (Å²) in [5.41, 5.74) is 0. The Labute approximate surface area is 111 Å². The molecule has 0 unspecified atom stereocenters. The molecule has 0 aromatic rings. The largest absolute Gasteiger partial charge is 0.356 e. The first kappa shape index (κ1) is 16.9. The van der Waals surface area contributed by atoms with E-state index in [1.165, 1.54) is 51.4 Å². The summed E-state index contributed by atoms with van der Waals surface area (Å²) in [4.78, 5) is 0. The standard InChI is InChI=1S/C15H30OS/c1-3-5-7-8-9-10-11-13-15(16)17-14-12-6-4-2/h11,13,16-17H,3-10,12,14H2,1-2H3/b13-11+. The highest BCUT2D eigenvalue weighted by Gasteiger charge is 1.88. The van der Waals surface area contributed by atoms with E-state index in [1.807, 2.05) is 6.08 Å². The van der Waals surface area contributed by atoms with E-state index in [-0.39, 0.29) is 0 Å². The first-order valence-electron chi connectivity index (χ1n) is 7.21. The van der Waals surface area contributed by atoms with Crippen molar-refractivity contribution < 1.29 is 5.11 Å². The van der Waals surface area contributed by atoms with Crippen molar-refractivity contribution in [2.45, 2.75) is 71.6 Å². The second-order valence-corrected chi connectivity index (χ2v) is 5.77. The first-order valence-corrected chi connectivity index (χ1v) is 8.29. The molecule has 0 aromatic heterocycles. The van der Waals surface area contributed by atoms with Gasteiger partial charge in [-0.15, -0.1) is 0 Å². The lowest BCUT2D eigenvalue weighted by Gasteiger charge is -1.97. The first-order chi connectivity index (χ1) is 8.31. The lowest BCUT2D eigenvalue weighted by atomic mass is 10.1. The zero-order chi connectivity index (χ0) is 12.8. The maximum atomic E-state index is 9.61. The second kappa shape index (κ2) is 14.0. The van der Waals surface area contributed by atoms with Crippen molar-refractivity contribution in [3.05, 3.63) is 12.2 Å². The van der Waals surface area contributed by atoms with Gasteiger partial charge in [-0.2, -0.15) is 11.4 Å².